The van der Waals surface area contributed by atoms with Gasteiger partial charge in [0.15, 0.2) is 5.58 Å². The number of hydrogen-bond acceptors (Lipinski definition) is 4. The molecule has 0 unspecified atom stereocenters. The van der Waals surface area contributed by atoms with Crippen molar-refractivity contribution in [1.29, 1.82) is 0 Å². The normalized spacial score (nSPS) is 15.2. The van der Waals surface area contributed by atoms with E-state index in [1.807, 2.05) is 30.3 Å². The van der Waals surface area contributed by atoms with Crippen molar-refractivity contribution in [2.24, 2.45) is 0 Å². The van der Waals surface area contributed by atoms with E-state index in [1.54, 1.807) is 18.2 Å². The standard InChI is InChI=1S/C21H22N4O4/c26-18(23-15-8-9-17-16(12-15)24-20(28)29-17)21(10-4-5-11-21)25-19(27)22-13-14-6-2-1-3-7-14/h1-3,6-9,12H,4-5,10-11,13H2,(H,23,26)(H,24,28)(H2,22,25,27). The molecule has 0 aliphatic heterocycles. The third-order valence-corrected chi connectivity index (χ3v) is 5.22. The van der Waals surface area contributed by atoms with Gasteiger partial charge in [0.25, 0.3) is 0 Å². The lowest BCUT2D eigenvalue weighted by Gasteiger charge is -2.29. The van der Waals surface area contributed by atoms with Crippen LogP contribution in [0.1, 0.15) is 31.2 Å². The average molecular weight is 394 g/mol. The van der Waals surface area contributed by atoms with Crippen LogP contribution in [0.2, 0.25) is 0 Å². The number of aromatic nitrogens is 1. The molecule has 0 bridgehead atoms. The molecule has 1 aliphatic rings. The molecular weight excluding hydrogens is 372 g/mol. The number of nitrogens with one attached hydrogen (secondary N) is 4. The molecule has 4 rings (SSSR count). The molecule has 0 radical (unpaired) electrons. The summed E-state index contributed by atoms with van der Waals surface area (Å²) in [7, 11) is 0. The number of urea groups is 1. The molecule has 8 nitrogen and oxygen atoms in total. The van der Waals surface area contributed by atoms with E-state index in [2.05, 4.69) is 20.9 Å². The quantitative estimate of drug-likeness (QED) is 0.532. The highest BCUT2D eigenvalue weighted by atomic mass is 16.4. The van der Waals surface area contributed by atoms with Crippen molar-refractivity contribution in [2.75, 3.05) is 5.32 Å². The summed E-state index contributed by atoms with van der Waals surface area (Å²) in [4.78, 5) is 39.4. The Morgan fingerprint density at radius 3 is 2.59 bits per heavy atom. The number of fused-ring (bicyclic) bond motifs is 1. The molecule has 1 aliphatic carbocycles. The number of carbonyl (C=O) groups excluding carboxylic acids is 2. The fourth-order valence-electron chi connectivity index (χ4n) is 3.71. The lowest BCUT2D eigenvalue weighted by molar-refractivity contribution is -0.121. The molecule has 0 saturated heterocycles. The van der Waals surface area contributed by atoms with E-state index >= 15 is 0 Å². The highest BCUT2D eigenvalue weighted by Gasteiger charge is 2.42. The van der Waals surface area contributed by atoms with Crippen LogP contribution in [0.4, 0.5) is 10.5 Å². The zero-order valence-corrected chi connectivity index (χ0v) is 15.8. The largest absolute Gasteiger partial charge is 0.417 e. The first-order chi connectivity index (χ1) is 14.0. The van der Waals surface area contributed by atoms with Crippen LogP contribution in [0, 0.1) is 0 Å². The van der Waals surface area contributed by atoms with E-state index in [1.165, 1.54) is 0 Å². The molecule has 4 N–H and O–H groups in total. The van der Waals surface area contributed by atoms with Crippen LogP contribution in [0.15, 0.2) is 57.7 Å². The molecule has 150 valence electrons. The smallest absolute Gasteiger partial charge is 0.408 e. The van der Waals surface area contributed by atoms with Crippen molar-refractivity contribution in [3.05, 3.63) is 64.6 Å². The first-order valence-electron chi connectivity index (χ1n) is 9.58. The van der Waals surface area contributed by atoms with Gasteiger partial charge in [-0.2, -0.15) is 0 Å². The van der Waals surface area contributed by atoms with Crippen LogP contribution >= 0.6 is 0 Å². The van der Waals surface area contributed by atoms with Gasteiger partial charge in [-0.1, -0.05) is 43.2 Å². The van der Waals surface area contributed by atoms with Crippen molar-refractivity contribution in [1.82, 2.24) is 15.6 Å². The number of carbonyl (C=O) groups is 2. The van der Waals surface area contributed by atoms with Gasteiger partial charge in [-0.05, 0) is 36.6 Å². The van der Waals surface area contributed by atoms with Gasteiger partial charge < -0.3 is 20.4 Å². The van der Waals surface area contributed by atoms with Gasteiger partial charge in [0.1, 0.15) is 5.54 Å². The zero-order chi connectivity index (χ0) is 20.3. The predicted molar refractivity (Wildman–Crippen MR) is 108 cm³/mol. The van der Waals surface area contributed by atoms with E-state index in [9.17, 15) is 14.4 Å². The van der Waals surface area contributed by atoms with Crippen molar-refractivity contribution in [2.45, 2.75) is 37.8 Å². The Morgan fingerprint density at radius 1 is 1.07 bits per heavy atom. The monoisotopic (exact) mass is 394 g/mol. The molecule has 1 heterocycles. The van der Waals surface area contributed by atoms with Crippen LogP contribution in [0.5, 0.6) is 0 Å². The van der Waals surface area contributed by atoms with Gasteiger partial charge >= 0.3 is 11.8 Å². The fourth-order valence-corrected chi connectivity index (χ4v) is 3.71. The van der Waals surface area contributed by atoms with E-state index < -0.39 is 11.3 Å². The number of rotatable bonds is 5. The lowest BCUT2D eigenvalue weighted by atomic mass is 9.96. The molecule has 1 saturated carbocycles. The minimum atomic E-state index is -0.959. The summed E-state index contributed by atoms with van der Waals surface area (Å²) in [6.07, 6.45) is 2.87. The van der Waals surface area contributed by atoms with Crippen molar-refractivity contribution < 1.29 is 14.0 Å². The van der Waals surface area contributed by atoms with E-state index in [0.717, 1.165) is 18.4 Å². The minimum Gasteiger partial charge on any atom is -0.408 e. The molecule has 3 aromatic rings. The SMILES string of the molecule is O=C(NCc1ccccc1)NC1(C(=O)Nc2ccc3oc(=O)[nH]c3c2)CCCC1. The highest BCUT2D eigenvalue weighted by molar-refractivity contribution is 6.01. The molecule has 2 aromatic carbocycles. The number of amides is 3. The Kier molecular flexibility index (Phi) is 5.07. The van der Waals surface area contributed by atoms with Gasteiger partial charge in [0, 0.05) is 12.2 Å². The second-order valence-corrected chi connectivity index (χ2v) is 7.26. The first-order valence-corrected chi connectivity index (χ1v) is 9.58. The summed E-state index contributed by atoms with van der Waals surface area (Å²) in [5, 5.41) is 8.56. The van der Waals surface area contributed by atoms with Crippen molar-refractivity contribution in [3.63, 3.8) is 0 Å². The summed E-state index contributed by atoms with van der Waals surface area (Å²) >= 11 is 0. The number of hydrogen-bond donors (Lipinski definition) is 4. The Hall–Kier alpha value is -3.55. The van der Waals surface area contributed by atoms with Crippen molar-refractivity contribution in [3.8, 4) is 0 Å². The number of benzene rings is 2. The molecule has 1 fully saturated rings. The van der Waals surface area contributed by atoms with Crippen LogP contribution in [-0.2, 0) is 11.3 Å². The molecule has 1 aromatic heterocycles. The lowest BCUT2D eigenvalue weighted by Crippen LogP contribution is -2.57. The second kappa shape index (κ2) is 7.83. The van der Waals surface area contributed by atoms with Gasteiger partial charge in [0.2, 0.25) is 5.91 Å². The molecular formula is C21H22N4O4. The predicted octanol–water partition coefficient (Wildman–Crippen LogP) is 2.87. The van der Waals surface area contributed by atoms with Crippen LogP contribution < -0.4 is 21.7 Å². The molecule has 0 atom stereocenters. The molecule has 0 spiro atoms. The number of oxazole rings is 1. The number of aromatic amines is 1. The molecule has 29 heavy (non-hydrogen) atoms. The van der Waals surface area contributed by atoms with Gasteiger partial charge in [0.05, 0.1) is 5.52 Å². The highest BCUT2D eigenvalue weighted by Crippen LogP contribution is 2.31. The zero-order valence-electron chi connectivity index (χ0n) is 15.8. The van der Waals surface area contributed by atoms with Crippen molar-refractivity contribution >= 4 is 28.7 Å². The first kappa shape index (κ1) is 18.8. The maximum Gasteiger partial charge on any atom is 0.417 e. The fraction of sp³-hybridized carbons (Fsp3) is 0.286. The summed E-state index contributed by atoms with van der Waals surface area (Å²) in [6.45, 7) is 0.384. The molecule has 3 amide bonds. The third kappa shape index (κ3) is 4.16. The Morgan fingerprint density at radius 2 is 1.83 bits per heavy atom. The van der Waals surface area contributed by atoms with Gasteiger partial charge in [-0.25, -0.2) is 9.59 Å². The maximum absolute atomic E-state index is 13.0. The topological polar surface area (TPSA) is 116 Å². The van der Waals surface area contributed by atoms with Gasteiger partial charge in [-0.3, -0.25) is 9.78 Å². The third-order valence-electron chi connectivity index (χ3n) is 5.22. The minimum absolute atomic E-state index is 0.268. The van der Waals surface area contributed by atoms with Crippen LogP contribution in [0.3, 0.4) is 0 Å². The van der Waals surface area contributed by atoms with E-state index in [-0.39, 0.29) is 11.9 Å². The summed E-state index contributed by atoms with van der Waals surface area (Å²) in [5.41, 5.74) is 1.47. The Bertz CT molecular complexity index is 1080. The van der Waals surface area contributed by atoms with Crippen LogP contribution in [-0.4, -0.2) is 22.5 Å². The van der Waals surface area contributed by atoms with E-state index in [0.29, 0.717) is 36.2 Å². The summed E-state index contributed by atoms with van der Waals surface area (Å²) in [5.74, 6) is -0.817. The average Bonchev–Trinajstić information content (AvgIpc) is 3.33. The summed E-state index contributed by atoms with van der Waals surface area (Å²) < 4.78 is 4.97. The van der Waals surface area contributed by atoms with E-state index in [4.69, 9.17) is 4.42 Å². The Balaban J connectivity index is 1.44. The molecule has 8 heteroatoms. The van der Waals surface area contributed by atoms with Crippen LogP contribution in [0.25, 0.3) is 11.1 Å². The number of H-pyrrole nitrogens is 1. The Labute approximate surface area is 166 Å². The maximum atomic E-state index is 13.0. The van der Waals surface area contributed by atoms with Gasteiger partial charge in [-0.15, -0.1) is 0 Å². The second-order valence-electron chi connectivity index (χ2n) is 7.26. The number of anilines is 1. The summed E-state index contributed by atoms with van der Waals surface area (Å²) in [6, 6.07) is 14.1.